The topological polar surface area (TPSA) is 45.7 Å². The van der Waals surface area contributed by atoms with Gasteiger partial charge in [0.15, 0.2) is 0 Å². The zero-order valence-corrected chi connectivity index (χ0v) is 12.9. The molecule has 1 aliphatic rings. The molecule has 1 aromatic carbocycles. The first-order chi connectivity index (χ1) is 11.6. The quantitative estimate of drug-likeness (QED) is 0.863. The van der Waals surface area contributed by atoms with Crippen LogP contribution in [0.5, 0.6) is 5.75 Å². The van der Waals surface area contributed by atoms with Crippen molar-refractivity contribution in [3.63, 3.8) is 0 Å². The smallest absolute Gasteiger partial charge is 0.387 e. The molecule has 1 aliphatic heterocycles. The summed E-state index contributed by atoms with van der Waals surface area (Å²) in [7, 11) is 0. The van der Waals surface area contributed by atoms with E-state index in [1.807, 2.05) is 18.2 Å². The maximum Gasteiger partial charge on any atom is 0.387 e. The summed E-state index contributed by atoms with van der Waals surface area (Å²) < 4.78 is 28.9. The predicted molar refractivity (Wildman–Crippen MR) is 85.4 cm³/mol. The standard InChI is InChI=1S/C17H17F2N3O2/c18-17(19)24-14-5-3-4-13(12-14)16(23)22-10-8-21(9-11-22)15-6-1-2-7-20-15/h1-7,12,17H,8-11H2. The lowest BCUT2D eigenvalue weighted by Crippen LogP contribution is -2.49. The van der Waals surface area contributed by atoms with Gasteiger partial charge >= 0.3 is 6.61 Å². The number of nitrogens with zero attached hydrogens (tertiary/aromatic N) is 3. The highest BCUT2D eigenvalue weighted by Crippen LogP contribution is 2.19. The SMILES string of the molecule is O=C(c1cccc(OC(F)F)c1)N1CCN(c2ccccn2)CC1. The van der Waals surface area contributed by atoms with E-state index < -0.39 is 6.61 Å². The Morgan fingerprint density at radius 1 is 1.08 bits per heavy atom. The van der Waals surface area contributed by atoms with Gasteiger partial charge in [-0.25, -0.2) is 4.98 Å². The number of hydrogen-bond donors (Lipinski definition) is 0. The van der Waals surface area contributed by atoms with Crippen molar-refractivity contribution in [2.24, 2.45) is 0 Å². The molecular formula is C17H17F2N3O2. The van der Waals surface area contributed by atoms with Crippen LogP contribution in [-0.2, 0) is 0 Å². The molecule has 24 heavy (non-hydrogen) atoms. The van der Waals surface area contributed by atoms with Gasteiger partial charge in [0.1, 0.15) is 11.6 Å². The Morgan fingerprint density at radius 3 is 2.54 bits per heavy atom. The van der Waals surface area contributed by atoms with E-state index in [1.54, 1.807) is 17.2 Å². The number of halogens is 2. The Balaban J connectivity index is 1.63. The van der Waals surface area contributed by atoms with Crippen molar-refractivity contribution in [1.82, 2.24) is 9.88 Å². The summed E-state index contributed by atoms with van der Waals surface area (Å²) in [4.78, 5) is 20.7. The van der Waals surface area contributed by atoms with Crippen LogP contribution >= 0.6 is 0 Å². The number of alkyl halides is 2. The summed E-state index contributed by atoms with van der Waals surface area (Å²) >= 11 is 0. The number of rotatable bonds is 4. The monoisotopic (exact) mass is 333 g/mol. The van der Waals surface area contributed by atoms with Gasteiger partial charge in [0.05, 0.1) is 0 Å². The van der Waals surface area contributed by atoms with E-state index in [9.17, 15) is 13.6 Å². The molecule has 0 unspecified atom stereocenters. The van der Waals surface area contributed by atoms with E-state index in [-0.39, 0.29) is 11.7 Å². The second-order valence-corrected chi connectivity index (χ2v) is 5.37. The summed E-state index contributed by atoms with van der Waals surface area (Å²) in [5, 5.41) is 0. The molecule has 7 heteroatoms. The Labute approximate surface area is 138 Å². The minimum Gasteiger partial charge on any atom is -0.435 e. The van der Waals surface area contributed by atoms with Crippen LogP contribution in [0.3, 0.4) is 0 Å². The van der Waals surface area contributed by atoms with Crippen LogP contribution in [0.25, 0.3) is 0 Å². The third-order valence-electron chi connectivity index (χ3n) is 3.85. The number of aromatic nitrogens is 1. The van der Waals surface area contributed by atoms with E-state index in [1.165, 1.54) is 18.2 Å². The van der Waals surface area contributed by atoms with Gasteiger partial charge in [-0.1, -0.05) is 12.1 Å². The lowest BCUT2D eigenvalue weighted by molar-refractivity contribution is -0.0499. The fourth-order valence-electron chi connectivity index (χ4n) is 2.67. The Bertz CT molecular complexity index is 689. The van der Waals surface area contributed by atoms with Crippen LogP contribution in [0, 0.1) is 0 Å². The number of carbonyl (C=O) groups is 1. The van der Waals surface area contributed by atoms with E-state index in [4.69, 9.17) is 0 Å². The third kappa shape index (κ3) is 3.79. The Kier molecular flexibility index (Phi) is 4.88. The molecule has 2 heterocycles. The van der Waals surface area contributed by atoms with Crippen molar-refractivity contribution in [3.8, 4) is 5.75 Å². The van der Waals surface area contributed by atoms with Crippen LogP contribution in [0.2, 0.25) is 0 Å². The molecular weight excluding hydrogens is 316 g/mol. The van der Waals surface area contributed by atoms with Crippen LogP contribution < -0.4 is 9.64 Å². The average Bonchev–Trinajstić information content (AvgIpc) is 2.62. The first-order valence-corrected chi connectivity index (χ1v) is 7.63. The van der Waals surface area contributed by atoms with Crippen LogP contribution in [0.15, 0.2) is 48.7 Å². The fraction of sp³-hybridized carbons (Fsp3) is 0.294. The highest BCUT2D eigenvalue weighted by molar-refractivity contribution is 5.94. The van der Waals surface area contributed by atoms with Crippen LogP contribution in [-0.4, -0.2) is 48.6 Å². The van der Waals surface area contributed by atoms with E-state index >= 15 is 0 Å². The minimum absolute atomic E-state index is 0.0111. The predicted octanol–water partition coefficient (Wildman–Crippen LogP) is 2.65. The number of piperazine rings is 1. The third-order valence-corrected chi connectivity index (χ3v) is 3.85. The van der Waals surface area contributed by atoms with E-state index in [0.29, 0.717) is 31.7 Å². The molecule has 3 rings (SSSR count). The van der Waals surface area contributed by atoms with Crippen molar-refractivity contribution < 1.29 is 18.3 Å². The zero-order valence-electron chi connectivity index (χ0n) is 12.9. The van der Waals surface area contributed by atoms with Crippen LogP contribution in [0.1, 0.15) is 10.4 Å². The van der Waals surface area contributed by atoms with Crippen molar-refractivity contribution >= 4 is 11.7 Å². The maximum atomic E-state index is 12.5. The summed E-state index contributed by atoms with van der Waals surface area (Å²) in [5.74, 6) is 0.690. The molecule has 1 aromatic heterocycles. The number of ether oxygens (including phenoxy) is 1. The van der Waals surface area contributed by atoms with Gasteiger partial charge in [0.25, 0.3) is 5.91 Å². The first kappa shape index (κ1) is 16.2. The van der Waals surface area contributed by atoms with E-state index in [0.717, 1.165) is 5.82 Å². The van der Waals surface area contributed by atoms with Crippen molar-refractivity contribution in [3.05, 3.63) is 54.2 Å². The highest BCUT2D eigenvalue weighted by atomic mass is 19.3. The molecule has 2 aromatic rings. The molecule has 0 saturated carbocycles. The second kappa shape index (κ2) is 7.25. The molecule has 1 amide bonds. The fourth-order valence-corrected chi connectivity index (χ4v) is 2.67. The van der Waals surface area contributed by atoms with Gasteiger partial charge in [0, 0.05) is 37.9 Å². The van der Waals surface area contributed by atoms with Crippen molar-refractivity contribution in [1.29, 1.82) is 0 Å². The number of hydrogen-bond acceptors (Lipinski definition) is 4. The molecule has 0 radical (unpaired) electrons. The van der Waals surface area contributed by atoms with Gasteiger partial charge in [0.2, 0.25) is 0 Å². The summed E-state index contributed by atoms with van der Waals surface area (Å²) in [6.07, 6.45) is 1.74. The number of anilines is 1. The number of benzene rings is 1. The molecule has 0 atom stereocenters. The molecule has 1 saturated heterocycles. The molecule has 5 nitrogen and oxygen atoms in total. The first-order valence-electron chi connectivity index (χ1n) is 7.63. The van der Waals surface area contributed by atoms with Crippen LogP contribution in [0.4, 0.5) is 14.6 Å². The van der Waals surface area contributed by atoms with Crippen molar-refractivity contribution in [2.45, 2.75) is 6.61 Å². The Morgan fingerprint density at radius 2 is 1.88 bits per heavy atom. The lowest BCUT2D eigenvalue weighted by atomic mass is 10.1. The summed E-state index contributed by atoms with van der Waals surface area (Å²) in [6.45, 7) is -0.450. The molecule has 0 N–H and O–H groups in total. The van der Waals surface area contributed by atoms with Gasteiger partial charge in [-0.2, -0.15) is 8.78 Å². The molecule has 0 spiro atoms. The molecule has 126 valence electrons. The lowest BCUT2D eigenvalue weighted by Gasteiger charge is -2.35. The van der Waals surface area contributed by atoms with Gasteiger partial charge in [-0.15, -0.1) is 0 Å². The second-order valence-electron chi connectivity index (χ2n) is 5.37. The maximum absolute atomic E-state index is 12.5. The summed E-state index contributed by atoms with van der Waals surface area (Å²) in [6, 6.07) is 11.6. The largest absolute Gasteiger partial charge is 0.435 e. The summed E-state index contributed by atoms with van der Waals surface area (Å²) in [5.41, 5.74) is 0.347. The molecule has 0 bridgehead atoms. The van der Waals surface area contributed by atoms with Gasteiger partial charge < -0.3 is 14.5 Å². The number of amides is 1. The Hall–Kier alpha value is -2.70. The van der Waals surface area contributed by atoms with E-state index in [2.05, 4.69) is 14.6 Å². The molecule has 1 fully saturated rings. The van der Waals surface area contributed by atoms with Gasteiger partial charge in [-0.05, 0) is 30.3 Å². The highest BCUT2D eigenvalue weighted by Gasteiger charge is 2.23. The normalized spacial score (nSPS) is 14.8. The zero-order chi connectivity index (χ0) is 16.9. The van der Waals surface area contributed by atoms with Crippen molar-refractivity contribution in [2.75, 3.05) is 31.1 Å². The average molecular weight is 333 g/mol. The molecule has 0 aliphatic carbocycles. The minimum atomic E-state index is -2.91. The number of carbonyl (C=O) groups excluding carboxylic acids is 1. The van der Waals surface area contributed by atoms with Gasteiger partial charge in [-0.3, -0.25) is 4.79 Å². The number of pyridine rings is 1.